The number of hydrogen-bond donors (Lipinski definition) is 4. The molecule has 53 heavy (non-hydrogen) atoms. The molecule has 1 aromatic rings. The molecule has 5 atom stereocenters. The van der Waals surface area contributed by atoms with Crippen LogP contribution in [0.2, 0.25) is 0 Å². The van der Waals surface area contributed by atoms with Crippen molar-refractivity contribution in [3.63, 3.8) is 0 Å². The third-order valence-corrected chi connectivity index (χ3v) is 11.5. The third kappa shape index (κ3) is 10.2. The minimum atomic E-state index is -1.06. The van der Waals surface area contributed by atoms with E-state index in [2.05, 4.69) is 39.4 Å². The van der Waals surface area contributed by atoms with E-state index in [-0.39, 0.29) is 24.9 Å². The molecule has 1 aliphatic heterocycles. The number of aromatic nitrogens is 1. The van der Waals surface area contributed by atoms with Crippen LogP contribution in [0.3, 0.4) is 0 Å². The lowest BCUT2D eigenvalue weighted by Crippen LogP contribution is -2.64. The molecule has 12 nitrogen and oxygen atoms in total. The summed E-state index contributed by atoms with van der Waals surface area (Å²) in [6, 6.07) is -0.748. The van der Waals surface area contributed by atoms with E-state index in [9.17, 15) is 28.8 Å². The fourth-order valence-electron chi connectivity index (χ4n) is 7.84. The van der Waals surface area contributed by atoms with Crippen LogP contribution in [0.25, 0.3) is 0 Å². The highest BCUT2D eigenvalue weighted by Gasteiger charge is 2.51. The lowest BCUT2D eigenvalue weighted by atomic mass is 9.70. The molecule has 2 heterocycles. The van der Waals surface area contributed by atoms with Gasteiger partial charge in [0.2, 0.25) is 23.5 Å². The number of rotatable bonds is 16. The van der Waals surface area contributed by atoms with Gasteiger partial charge in [0.05, 0.1) is 11.6 Å². The molecule has 1 aromatic heterocycles. The normalized spacial score (nSPS) is 21.7. The molecule has 1 unspecified atom stereocenters. The Morgan fingerprint density at radius 3 is 2.23 bits per heavy atom. The first kappa shape index (κ1) is 41.4. The molecule has 2 saturated carbocycles. The summed E-state index contributed by atoms with van der Waals surface area (Å²) in [5.74, 6) is -3.54. The summed E-state index contributed by atoms with van der Waals surface area (Å²) in [7, 11) is 0. The summed E-state index contributed by atoms with van der Waals surface area (Å²) < 4.78 is 0. The molecule has 3 fully saturated rings. The van der Waals surface area contributed by atoms with Crippen LogP contribution in [0.4, 0.5) is 0 Å². The maximum atomic E-state index is 14.8. The quantitative estimate of drug-likeness (QED) is 0.146. The van der Waals surface area contributed by atoms with E-state index in [0.717, 1.165) is 44.9 Å². The van der Waals surface area contributed by atoms with Crippen LogP contribution in [0, 0.1) is 28.1 Å². The summed E-state index contributed by atoms with van der Waals surface area (Å²) >= 11 is 0. The molecule has 0 bridgehead atoms. The van der Waals surface area contributed by atoms with Crippen LogP contribution in [0.5, 0.6) is 0 Å². The van der Waals surface area contributed by atoms with Crippen LogP contribution in [0.15, 0.2) is 49.8 Å². The van der Waals surface area contributed by atoms with E-state index in [4.69, 9.17) is 0 Å². The van der Waals surface area contributed by atoms with Crippen molar-refractivity contribution in [2.75, 3.05) is 13.1 Å². The molecular weight excluding hydrogens is 672 g/mol. The summed E-state index contributed by atoms with van der Waals surface area (Å²) in [5.41, 5.74) is -1.60. The van der Waals surface area contributed by atoms with Gasteiger partial charge in [-0.25, -0.2) is 0 Å². The van der Waals surface area contributed by atoms with Crippen LogP contribution >= 0.6 is 0 Å². The zero-order valence-electron chi connectivity index (χ0n) is 32.5. The predicted octanol–water partition coefficient (Wildman–Crippen LogP) is 4.27. The average Bonchev–Trinajstić information content (AvgIpc) is 3.83. The Morgan fingerprint density at radius 2 is 1.66 bits per heavy atom. The fraction of sp³-hybridized carbons (Fsp3) is 0.634. The van der Waals surface area contributed by atoms with Gasteiger partial charge in [-0.05, 0) is 65.9 Å². The predicted molar refractivity (Wildman–Crippen MR) is 203 cm³/mol. The summed E-state index contributed by atoms with van der Waals surface area (Å²) in [4.78, 5) is 88.8. The van der Waals surface area contributed by atoms with E-state index in [1.165, 1.54) is 17.2 Å². The highest BCUT2D eigenvalue weighted by atomic mass is 16.2. The van der Waals surface area contributed by atoms with E-state index < -0.39 is 75.7 Å². The largest absolute Gasteiger partial charge is 0.346 e. The molecule has 2 aliphatic carbocycles. The molecule has 5 amide bonds. The number of nitrogens with zero attached hydrogens (tertiary/aromatic N) is 2. The first-order chi connectivity index (χ1) is 24.9. The van der Waals surface area contributed by atoms with Crippen molar-refractivity contribution in [2.24, 2.45) is 28.1 Å². The van der Waals surface area contributed by atoms with Gasteiger partial charge in [-0.3, -0.25) is 33.8 Å². The van der Waals surface area contributed by atoms with Gasteiger partial charge in [-0.15, -0.1) is 13.2 Å². The van der Waals surface area contributed by atoms with Gasteiger partial charge in [0.1, 0.15) is 18.1 Å². The summed E-state index contributed by atoms with van der Waals surface area (Å²) in [6.07, 6.45) is 13.2. The van der Waals surface area contributed by atoms with Crippen molar-refractivity contribution >= 4 is 35.3 Å². The lowest BCUT2D eigenvalue weighted by molar-refractivity contribution is -0.147. The Bertz CT molecular complexity index is 1540. The molecule has 3 aliphatic rings. The Hall–Kier alpha value is -4.35. The zero-order chi connectivity index (χ0) is 39.1. The van der Waals surface area contributed by atoms with Crippen molar-refractivity contribution in [2.45, 2.75) is 123 Å². The SMILES string of the molecule is C=CCNC(=O)C(=O)C(CC1CC1)NC(=O)[C@@H]1[C@@H](C(C)(C)C=C)CCN1C(=O)[C@@H](NC(=O)[C@@H](NC(=O)c1cccnc1)C1(C)CCCCC1)C(C)(C)C. The Morgan fingerprint density at radius 1 is 0.981 bits per heavy atom. The van der Waals surface area contributed by atoms with E-state index in [1.54, 1.807) is 24.4 Å². The van der Waals surface area contributed by atoms with E-state index >= 15 is 0 Å². The Labute approximate surface area is 314 Å². The van der Waals surface area contributed by atoms with Gasteiger partial charge in [-0.2, -0.15) is 0 Å². The van der Waals surface area contributed by atoms with Crippen molar-refractivity contribution < 1.29 is 28.8 Å². The first-order valence-electron chi connectivity index (χ1n) is 19.1. The number of carbonyl (C=O) groups excluding carboxylic acids is 6. The number of carbonyl (C=O) groups is 6. The molecule has 4 rings (SSSR count). The topological polar surface area (TPSA) is 167 Å². The van der Waals surface area contributed by atoms with E-state index in [0.29, 0.717) is 18.4 Å². The monoisotopic (exact) mass is 732 g/mol. The molecular formula is C41H60N6O6. The highest BCUT2D eigenvalue weighted by molar-refractivity contribution is 6.38. The van der Waals surface area contributed by atoms with Crippen molar-refractivity contribution in [3.8, 4) is 0 Å². The number of allylic oxidation sites excluding steroid dienone is 1. The van der Waals surface area contributed by atoms with Crippen LogP contribution in [0.1, 0.15) is 110 Å². The number of likely N-dealkylation sites (tertiary alicyclic amines) is 1. The highest BCUT2D eigenvalue weighted by Crippen LogP contribution is 2.42. The van der Waals surface area contributed by atoms with Crippen LogP contribution < -0.4 is 21.3 Å². The summed E-state index contributed by atoms with van der Waals surface area (Å²) in [6.45, 7) is 19.4. The zero-order valence-corrected chi connectivity index (χ0v) is 32.5. The number of hydrogen-bond acceptors (Lipinski definition) is 7. The Kier molecular flexibility index (Phi) is 13.4. The van der Waals surface area contributed by atoms with Gasteiger partial charge in [0, 0.05) is 25.5 Å². The molecule has 12 heteroatoms. The van der Waals surface area contributed by atoms with Gasteiger partial charge >= 0.3 is 0 Å². The number of amides is 5. The number of nitrogens with one attached hydrogen (secondary N) is 4. The maximum Gasteiger partial charge on any atom is 0.289 e. The van der Waals surface area contributed by atoms with Crippen molar-refractivity contribution in [1.82, 2.24) is 31.2 Å². The van der Waals surface area contributed by atoms with Gasteiger partial charge in [-0.1, -0.05) is 85.8 Å². The van der Waals surface area contributed by atoms with Gasteiger partial charge < -0.3 is 26.2 Å². The fourth-order valence-corrected chi connectivity index (χ4v) is 7.84. The van der Waals surface area contributed by atoms with Crippen molar-refractivity contribution in [3.05, 3.63) is 55.4 Å². The second-order valence-corrected chi connectivity index (χ2v) is 17.2. The minimum absolute atomic E-state index is 0.113. The second kappa shape index (κ2) is 17.2. The molecule has 4 N–H and O–H groups in total. The minimum Gasteiger partial charge on any atom is -0.346 e. The first-order valence-corrected chi connectivity index (χ1v) is 19.1. The maximum absolute atomic E-state index is 14.8. The average molecular weight is 733 g/mol. The molecule has 0 radical (unpaired) electrons. The van der Waals surface area contributed by atoms with Crippen LogP contribution in [-0.2, 0) is 24.0 Å². The molecule has 0 spiro atoms. The molecule has 0 aromatic carbocycles. The lowest BCUT2D eigenvalue weighted by Gasteiger charge is -2.42. The van der Waals surface area contributed by atoms with Crippen molar-refractivity contribution in [1.29, 1.82) is 0 Å². The standard InChI is InChI=1S/C41H60N6O6/c1-9-21-43-36(51)31(48)29(24-26-16-17-26)44-35(50)30-28(40(6,7)10-2)18-23-47(30)38(53)33(39(3,4)5)46-37(52)32(41(8)19-12-11-13-20-41)45-34(49)27-15-14-22-42-25-27/h9-10,14-15,22,25-26,28-30,32-33H,1-2,11-13,16-21,23-24H2,3-8H3,(H,43,51)(H,44,50)(H,45,49)(H,46,52)/t28-,29?,30-,32+,33+/m0/s1. The molecule has 1 saturated heterocycles. The number of Topliss-reactive ketones (excluding diaryl/α,β-unsaturated/α-hetero) is 1. The third-order valence-electron chi connectivity index (χ3n) is 11.5. The number of pyridine rings is 1. The number of ketones is 1. The summed E-state index contributed by atoms with van der Waals surface area (Å²) in [5, 5.41) is 11.4. The smallest absolute Gasteiger partial charge is 0.289 e. The van der Waals surface area contributed by atoms with Gasteiger partial charge in [0.15, 0.2) is 0 Å². The Balaban J connectivity index is 1.65. The van der Waals surface area contributed by atoms with E-state index in [1.807, 2.05) is 41.5 Å². The molecule has 290 valence electrons. The van der Waals surface area contributed by atoms with Crippen LogP contribution in [-0.4, -0.2) is 82.5 Å². The van der Waals surface area contributed by atoms with Gasteiger partial charge in [0.25, 0.3) is 11.8 Å². The second-order valence-electron chi connectivity index (χ2n) is 17.2.